The average Bonchev–Trinajstić information content (AvgIpc) is 3.07. The molecule has 1 heterocycles. The molecule has 5 nitrogen and oxygen atoms in total. The van der Waals surface area contributed by atoms with Gasteiger partial charge in [0.1, 0.15) is 5.75 Å². The van der Waals surface area contributed by atoms with Crippen LogP contribution >= 0.6 is 0 Å². The highest BCUT2D eigenvalue weighted by molar-refractivity contribution is 6.04. The van der Waals surface area contributed by atoms with E-state index in [1.54, 1.807) is 29.2 Å². The van der Waals surface area contributed by atoms with E-state index in [0.29, 0.717) is 24.3 Å². The van der Waals surface area contributed by atoms with Crippen LogP contribution in [0, 0.1) is 0 Å². The predicted octanol–water partition coefficient (Wildman–Crippen LogP) is 3.85. The zero-order valence-corrected chi connectivity index (χ0v) is 14.3. The zero-order valence-electron chi connectivity index (χ0n) is 14.3. The van der Waals surface area contributed by atoms with Crippen LogP contribution in [0.2, 0.25) is 0 Å². The van der Waals surface area contributed by atoms with Crippen LogP contribution in [0.15, 0.2) is 48.5 Å². The van der Waals surface area contributed by atoms with Crippen molar-refractivity contribution in [3.8, 4) is 5.75 Å². The molecule has 0 aliphatic carbocycles. The summed E-state index contributed by atoms with van der Waals surface area (Å²) in [5, 5.41) is 2.87. The molecule has 130 valence electrons. The number of ether oxygens (including phenoxy) is 1. The van der Waals surface area contributed by atoms with E-state index in [2.05, 4.69) is 5.32 Å². The van der Waals surface area contributed by atoms with Crippen molar-refractivity contribution in [3.05, 3.63) is 54.1 Å². The van der Waals surface area contributed by atoms with Crippen molar-refractivity contribution in [3.63, 3.8) is 0 Å². The summed E-state index contributed by atoms with van der Waals surface area (Å²) < 4.78 is 5.51. The average molecular weight is 338 g/mol. The van der Waals surface area contributed by atoms with Crippen LogP contribution in [0.4, 0.5) is 11.4 Å². The maximum absolute atomic E-state index is 12.3. The minimum absolute atomic E-state index is 0.155. The number of nitrogens with one attached hydrogen (secondary N) is 1. The lowest BCUT2D eigenvalue weighted by molar-refractivity contribution is -0.117. The first-order valence-electron chi connectivity index (χ1n) is 8.62. The van der Waals surface area contributed by atoms with Crippen molar-refractivity contribution in [1.82, 2.24) is 0 Å². The molecule has 5 heteroatoms. The van der Waals surface area contributed by atoms with Gasteiger partial charge in [-0.2, -0.15) is 0 Å². The zero-order chi connectivity index (χ0) is 17.6. The van der Waals surface area contributed by atoms with Gasteiger partial charge in [-0.3, -0.25) is 9.59 Å². The summed E-state index contributed by atoms with van der Waals surface area (Å²) in [4.78, 5) is 25.9. The molecule has 0 saturated carbocycles. The van der Waals surface area contributed by atoms with E-state index in [1.165, 1.54) is 0 Å². The van der Waals surface area contributed by atoms with Crippen molar-refractivity contribution < 1.29 is 14.3 Å². The smallest absolute Gasteiger partial charge is 0.255 e. The molecular weight excluding hydrogens is 316 g/mol. The van der Waals surface area contributed by atoms with Crippen LogP contribution in [0.3, 0.4) is 0 Å². The van der Waals surface area contributed by atoms with E-state index >= 15 is 0 Å². The van der Waals surface area contributed by atoms with Crippen molar-refractivity contribution in [2.75, 3.05) is 23.4 Å². The molecule has 1 aliphatic heterocycles. The number of benzene rings is 2. The lowest BCUT2D eigenvalue weighted by Crippen LogP contribution is -2.23. The Bertz CT molecular complexity index is 739. The molecule has 0 atom stereocenters. The van der Waals surface area contributed by atoms with E-state index in [-0.39, 0.29) is 11.8 Å². The summed E-state index contributed by atoms with van der Waals surface area (Å²) >= 11 is 0. The quantitative estimate of drug-likeness (QED) is 0.870. The van der Waals surface area contributed by atoms with Gasteiger partial charge in [0.25, 0.3) is 5.91 Å². The molecule has 3 rings (SSSR count). The van der Waals surface area contributed by atoms with E-state index in [9.17, 15) is 9.59 Å². The Hall–Kier alpha value is -2.82. The summed E-state index contributed by atoms with van der Waals surface area (Å²) in [5.74, 6) is 0.743. The minimum Gasteiger partial charge on any atom is -0.494 e. The first kappa shape index (κ1) is 17.0. The molecule has 0 unspecified atom stereocenters. The lowest BCUT2D eigenvalue weighted by Gasteiger charge is -2.16. The Morgan fingerprint density at radius 1 is 1.12 bits per heavy atom. The third kappa shape index (κ3) is 4.18. The summed E-state index contributed by atoms with van der Waals surface area (Å²) in [6, 6.07) is 14.4. The van der Waals surface area contributed by atoms with Crippen molar-refractivity contribution in [2.24, 2.45) is 0 Å². The second-order valence-corrected chi connectivity index (χ2v) is 6.02. The number of rotatable bonds is 6. The van der Waals surface area contributed by atoms with Gasteiger partial charge in [-0.1, -0.05) is 6.92 Å². The van der Waals surface area contributed by atoms with Crippen LogP contribution in [0.5, 0.6) is 5.75 Å². The molecule has 1 aliphatic rings. The molecule has 0 spiro atoms. The number of nitrogens with zero attached hydrogens (tertiary/aromatic N) is 1. The Balaban J connectivity index is 1.61. The summed E-state index contributed by atoms with van der Waals surface area (Å²) in [6.07, 6.45) is 2.45. The molecule has 25 heavy (non-hydrogen) atoms. The second kappa shape index (κ2) is 7.83. The molecule has 2 aromatic rings. The Labute approximate surface area is 147 Å². The Kier molecular flexibility index (Phi) is 5.33. The SMILES string of the molecule is CCCOc1ccc(C(=O)Nc2ccc(N3CCCC3=O)cc2)cc1. The normalized spacial score (nSPS) is 13.8. The van der Waals surface area contributed by atoms with Gasteiger partial charge in [-0.05, 0) is 61.4 Å². The number of carbonyl (C=O) groups excluding carboxylic acids is 2. The van der Waals surface area contributed by atoms with Crippen LogP contribution < -0.4 is 15.0 Å². The third-order valence-electron chi connectivity index (χ3n) is 4.10. The first-order valence-corrected chi connectivity index (χ1v) is 8.62. The molecule has 0 radical (unpaired) electrons. The fourth-order valence-corrected chi connectivity index (χ4v) is 2.77. The van der Waals surface area contributed by atoms with Gasteiger partial charge in [-0.25, -0.2) is 0 Å². The van der Waals surface area contributed by atoms with Gasteiger partial charge >= 0.3 is 0 Å². The number of anilines is 2. The van der Waals surface area contributed by atoms with Gasteiger partial charge < -0.3 is 15.0 Å². The lowest BCUT2D eigenvalue weighted by atomic mass is 10.2. The van der Waals surface area contributed by atoms with Crippen molar-refractivity contribution in [1.29, 1.82) is 0 Å². The van der Waals surface area contributed by atoms with Gasteiger partial charge in [0.2, 0.25) is 5.91 Å². The summed E-state index contributed by atoms with van der Waals surface area (Å²) in [7, 11) is 0. The molecule has 2 amide bonds. The van der Waals surface area contributed by atoms with Crippen molar-refractivity contribution >= 4 is 23.2 Å². The van der Waals surface area contributed by atoms with E-state index in [0.717, 1.165) is 30.8 Å². The van der Waals surface area contributed by atoms with Gasteiger partial charge in [0.15, 0.2) is 0 Å². The highest BCUT2D eigenvalue weighted by atomic mass is 16.5. The van der Waals surface area contributed by atoms with Crippen LogP contribution in [0.25, 0.3) is 0 Å². The van der Waals surface area contributed by atoms with E-state index < -0.39 is 0 Å². The van der Waals surface area contributed by atoms with Gasteiger partial charge in [-0.15, -0.1) is 0 Å². The highest BCUT2D eigenvalue weighted by Gasteiger charge is 2.21. The maximum atomic E-state index is 12.3. The fourth-order valence-electron chi connectivity index (χ4n) is 2.77. The fraction of sp³-hybridized carbons (Fsp3) is 0.300. The van der Waals surface area contributed by atoms with Gasteiger partial charge in [0, 0.05) is 29.9 Å². The monoisotopic (exact) mass is 338 g/mol. The first-order chi connectivity index (χ1) is 12.2. The molecule has 0 bridgehead atoms. The number of hydrogen-bond donors (Lipinski definition) is 1. The third-order valence-corrected chi connectivity index (χ3v) is 4.10. The largest absolute Gasteiger partial charge is 0.494 e. The van der Waals surface area contributed by atoms with E-state index in [1.807, 2.05) is 31.2 Å². The number of hydrogen-bond acceptors (Lipinski definition) is 3. The minimum atomic E-state index is -0.174. The second-order valence-electron chi connectivity index (χ2n) is 6.02. The maximum Gasteiger partial charge on any atom is 0.255 e. The highest BCUT2D eigenvalue weighted by Crippen LogP contribution is 2.23. The molecule has 0 aromatic heterocycles. The van der Waals surface area contributed by atoms with Crippen LogP contribution in [0.1, 0.15) is 36.5 Å². The van der Waals surface area contributed by atoms with Crippen LogP contribution in [-0.4, -0.2) is 25.0 Å². The number of amides is 2. The molecule has 1 fully saturated rings. The predicted molar refractivity (Wildman–Crippen MR) is 98.2 cm³/mol. The summed E-state index contributed by atoms with van der Waals surface area (Å²) in [6.45, 7) is 3.47. The Morgan fingerprint density at radius 2 is 1.84 bits per heavy atom. The van der Waals surface area contributed by atoms with Gasteiger partial charge in [0.05, 0.1) is 6.61 Å². The molecule has 1 saturated heterocycles. The van der Waals surface area contributed by atoms with Crippen LogP contribution in [-0.2, 0) is 4.79 Å². The topological polar surface area (TPSA) is 58.6 Å². The number of carbonyl (C=O) groups is 2. The van der Waals surface area contributed by atoms with Crippen molar-refractivity contribution in [2.45, 2.75) is 26.2 Å². The standard InChI is InChI=1S/C20H22N2O3/c1-2-14-25-18-11-5-15(6-12-18)20(24)21-16-7-9-17(10-8-16)22-13-3-4-19(22)23/h5-12H,2-4,13-14H2,1H3,(H,21,24). The molecule has 1 N–H and O–H groups in total. The Morgan fingerprint density at radius 3 is 2.44 bits per heavy atom. The van der Waals surface area contributed by atoms with E-state index in [4.69, 9.17) is 4.74 Å². The molecule has 2 aromatic carbocycles. The molecular formula is C20H22N2O3. The summed E-state index contributed by atoms with van der Waals surface area (Å²) in [5.41, 5.74) is 2.15.